The van der Waals surface area contributed by atoms with Gasteiger partial charge in [0.05, 0.1) is 19.6 Å². The summed E-state index contributed by atoms with van der Waals surface area (Å²) in [6.45, 7) is 11.3. The number of nitrogens with one attached hydrogen (secondary N) is 1. The summed E-state index contributed by atoms with van der Waals surface area (Å²) in [5.41, 5.74) is 2.28. The second kappa shape index (κ2) is 38.2. The van der Waals surface area contributed by atoms with E-state index in [1.807, 2.05) is 29.6 Å². The molecule has 587 valence electrons. The fourth-order valence-electron chi connectivity index (χ4n) is 16.1. The fraction of sp³-hybridized carbons (Fsp3) is 0.429. The summed E-state index contributed by atoms with van der Waals surface area (Å²) in [4.78, 5) is 32.2. The van der Waals surface area contributed by atoms with Gasteiger partial charge in [0.1, 0.15) is 0 Å². The Balaban J connectivity index is 0.000000258. The van der Waals surface area contributed by atoms with Gasteiger partial charge in [0, 0.05) is 0 Å². The van der Waals surface area contributed by atoms with Crippen molar-refractivity contribution in [1.29, 1.82) is 0 Å². The van der Waals surface area contributed by atoms with Crippen molar-refractivity contribution in [1.82, 2.24) is 6.55 Å². The summed E-state index contributed by atoms with van der Waals surface area (Å²) in [6, 6.07) is 31.7. The number of rotatable bonds is 39. The molecule has 1 radical (unpaired) electrons. The predicted octanol–water partition coefficient (Wildman–Crippen LogP) is 15.8. The Hall–Kier alpha value is -7.32. The van der Waals surface area contributed by atoms with Crippen LogP contribution >= 0.6 is 12.0 Å². The molecule has 0 unspecified atom stereocenters. The van der Waals surface area contributed by atoms with E-state index >= 15 is 0 Å². The number of benzene rings is 8. The molecule has 10 aromatic rings. The molecule has 6 bridgehead atoms. The van der Waals surface area contributed by atoms with E-state index in [-0.39, 0.29) is 62.1 Å². The fourth-order valence-corrected chi connectivity index (χ4v) is 21.7. The van der Waals surface area contributed by atoms with Crippen molar-refractivity contribution in [2.75, 3.05) is 19.6 Å². The Bertz CT molecular complexity index is 5650. The van der Waals surface area contributed by atoms with Crippen LogP contribution in [0.4, 0.5) is 11.6 Å². The topological polar surface area (TPSA) is 333 Å². The van der Waals surface area contributed by atoms with E-state index in [0.29, 0.717) is 93.2 Å². The summed E-state index contributed by atoms with van der Waals surface area (Å²) in [6.07, 6.45) is 43.9. The first kappa shape index (κ1) is 83.1. The first-order chi connectivity index (χ1) is 53.3. The van der Waals surface area contributed by atoms with E-state index in [1.54, 1.807) is 60.7 Å². The van der Waals surface area contributed by atoms with Crippen LogP contribution in [-0.4, -0.2) is 112 Å². The van der Waals surface area contributed by atoms with E-state index in [2.05, 4.69) is 25.8 Å². The molecule has 0 fully saturated rings. The van der Waals surface area contributed by atoms with Gasteiger partial charge >= 0.3 is 424 Å². The Morgan fingerprint density at radius 3 is 1.08 bits per heavy atom. The summed E-state index contributed by atoms with van der Waals surface area (Å²) in [7, 11) is -15.0. The number of fused-ring (bicyclic) bond motifs is 18. The molecule has 111 heavy (non-hydrogen) atoms. The van der Waals surface area contributed by atoms with Crippen LogP contribution in [0, 0.1) is 0 Å². The molecule has 0 atom stereocenters. The van der Waals surface area contributed by atoms with Crippen molar-refractivity contribution in [3.05, 3.63) is 155 Å². The minimum atomic E-state index is -5.02. The number of hydrogen-bond donors (Lipinski definition) is 1. The zero-order chi connectivity index (χ0) is 76.9. The standard InChI is InChI=1S/C48H24N8O12S4.C36H75N.Ga.H2O/c57-67-68-69-37-9-1-5-21-13-29-33(17-25(21)37)45-49-41(29)51-46-35-19-27-23(7-3-11-39(27)71(61,62)63)15-31(35)43(53-46)55-48-36-20-28-24(8-4-12-40(28)72(64,65)66)16-32(36)44(56-48)54-47-34-18-26-22(14-30(34)42(50-45)52-47)6-2-10-38(26)70(58,59)60;1-4-7-10-13-16-19-22-25-28-31-34-37(35-32-29-26-23-20-17-14-11-8-5-2)36-33-30-27-24-21-18-15-12-9-6-3;;/h1-20H,(H4-2,49,50,51,52,53,54,55,56,57,58,59,60,61,62,63,64,65,66);4-36H2,1-3H3;;1H2/q-2;;+2;/p-3. The zero-order valence-corrected chi connectivity index (χ0v) is 69.3. The molecule has 3 N–H and O–H groups in total. The van der Waals surface area contributed by atoms with Crippen molar-refractivity contribution in [3.63, 3.8) is 0 Å². The Labute approximate surface area is 662 Å². The maximum absolute atomic E-state index is 12.8. The number of aliphatic imine (C=N–C) groups is 4. The monoisotopic (exact) mass is 1640 g/mol. The minimum absolute atomic E-state index is 0. The number of hydrogen-bond acceptors (Lipinski definition) is 19. The molecule has 0 aliphatic carbocycles. The molecule has 2 aromatic heterocycles. The van der Waals surface area contributed by atoms with Crippen molar-refractivity contribution in [2.45, 2.75) is 233 Å². The van der Waals surface area contributed by atoms with E-state index in [1.165, 1.54) is 255 Å². The van der Waals surface area contributed by atoms with E-state index in [9.17, 15) is 44.2 Å². The normalized spacial score (nSPS) is 13.7. The molecule has 4 aliphatic rings. The number of amidine groups is 4. The van der Waals surface area contributed by atoms with Crippen molar-refractivity contribution in [2.24, 2.45) is 30.0 Å². The summed E-state index contributed by atoms with van der Waals surface area (Å²) < 4.78 is 124. The summed E-state index contributed by atoms with van der Waals surface area (Å²) in [5.74, 6) is 1.07. The summed E-state index contributed by atoms with van der Waals surface area (Å²) in [5, 5.41) is 19.1. The molecule has 22 nitrogen and oxygen atoms in total. The van der Waals surface area contributed by atoms with E-state index in [0.717, 1.165) is 0 Å². The Morgan fingerprint density at radius 2 is 0.676 bits per heavy atom. The van der Waals surface area contributed by atoms with Gasteiger partial charge in [-0.15, -0.1) is 0 Å². The van der Waals surface area contributed by atoms with E-state index in [4.69, 9.17) is 34.3 Å². The van der Waals surface area contributed by atoms with Crippen LogP contribution in [0.25, 0.3) is 64.6 Å². The molecule has 0 saturated heterocycles. The molecule has 8 aromatic carbocycles. The SMILES string of the molecule is CCCCCCCCCCCC[NH+](CCCCCCCCCCCC)CCCCCCCCCCCC.O.O=S(=O)([O-])c1cccc2cc3c(cc12)C1=Nc2c4cc5cccc(S(=O)(=O)[O-])c5cc4c4[n]2[Ga][n]2c(c5cc6cccc(S(=O)(=O)[O-])c6cc5c2=NC3=N1)=NC1=NC(=N4)c2cc3cccc(SOO[O-])c3cc21. The molecule has 27 heteroatoms. The van der Waals surface area contributed by atoms with Crippen LogP contribution in [0.5, 0.6) is 0 Å². The molecule has 4 aliphatic heterocycles. The van der Waals surface area contributed by atoms with Gasteiger partial charge in [0.2, 0.25) is 0 Å². The molecular weight excluding hydrogens is 1540 g/mol. The number of aromatic nitrogens is 2. The predicted molar refractivity (Wildman–Crippen MR) is 438 cm³/mol. The Kier molecular flexibility index (Phi) is 28.6. The quantitative estimate of drug-likeness (QED) is 0.00936. The Morgan fingerprint density at radius 1 is 0.360 bits per heavy atom. The van der Waals surface area contributed by atoms with Crippen LogP contribution in [-0.2, 0) is 39.7 Å². The second-order valence-electron chi connectivity index (χ2n) is 29.7. The van der Waals surface area contributed by atoms with Crippen molar-refractivity contribution in [3.8, 4) is 0 Å². The summed E-state index contributed by atoms with van der Waals surface area (Å²) >= 11 is -1.74. The van der Waals surface area contributed by atoms with Crippen LogP contribution < -0.4 is 21.1 Å². The number of nitrogens with zero attached hydrogens (tertiary/aromatic N) is 8. The van der Waals surface area contributed by atoms with Crippen LogP contribution in [0.1, 0.15) is 236 Å². The third-order valence-corrected chi connectivity index (χ3v) is 28.2. The van der Waals surface area contributed by atoms with Crippen LogP contribution in [0.2, 0.25) is 0 Å². The van der Waals surface area contributed by atoms with Gasteiger partial charge in [-0.25, -0.2) is 0 Å². The van der Waals surface area contributed by atoms with Gasteiger partial charge in [-0.1, -0.05) is 175 Å². The van der Waals surface area contributed by atoms with Gasteiger partial charge < -0.3 is 10.4 Å². The zero-order valence-electron chi connectivity index (χ0n) is 63.6. The number of quaternary nitrogens is 1. The average Bonchev–Trinajstić information content (AvgIpc) is 1.55. The van der Waals surface area contributed by atoms with E-state index < -0.39 is 62.9 Å². The molecule has 0 saturated carbocycles. The maximum atomic E-state index is 12.8. The molecule has 14 rings (SSSR count). The first-order valence-electron chi connectivity index (χ1n) is 39.7. The molecule has 0 spiro atoms. The first-order valence-corrected chi connectivity index (χ1v) is 46.8. The third-order valence-electron chi connectivity index (χ3n) is 21.9. The second-order valence-corrected chi connectivity index (χ2v) is 37.2. The molecular formula is C84H98GaN9O13S4-3. The van der Waals surface area contributed by atoms with Gasteiger partial charge in [-0.3, -0.25) is 0 Å². The molecule has 6 heterocycles. The van der Waals surface area contributed by atoms with Crippen LogP contribution in [0.3, 0.4) is 0 Å². The van der Waals surface area contributed by atoms with Crippen molar-refractivity contribution < 1.29 is 63.9 Å². The van der Waals surface area contributed by atoms with Gasteiger partial charge in [-0.2, -0.15) is 0 Å². The van der Waals surface area contributed by atoms with Gasteiger partial charge in [-0.05, 0) is 38.5 Å². The van der Waals surface area contributed by atoms with Gasteiger partial charge in [0.15, 0.2) is 0 Å². The average molecular weight is 1640 g/mol. The van der Waals surface area contributed by atoms with Gasteiger partial charge in [0.25, 0.3) is 0 Å². The van der Waals surface area contributed by atoms with Crippen molar-refractivity contribution >= 4 is 160 Å². The van der Waals surface area contributed by atoms with Crippen LogP contribution in [0.15, 0.2) is 171 Å². The number of unbranched alkanes of at least 4 members (excludes halogenated alkanes) is 27. The third kappa shape index (κ3) is 19.6. The molecule has 0 amide bonds.